The van der Waals surface area contributed by atoms with E-state index < -0.39 is 0 Å². The van der Waals surface area contributed by atoms with Gasteiger partial charge in [-0.15, -0.1) is 0 Å². The zero-order valence-electron chi connectivity index (χ0n) is 13.4. The lowest BCUT2D eigenvalue weighted by molar-refractivity contribution is 0.194. The molecular formula is C17H27N3O. The number of urea groups is 1. The lowest BCUT2D eigenvalue weighted by Crippen LogP contribution is -2.41. The second-order valence-corrected chi connectivity index (χ2v) is 5.95. The summed E-state index contributed by atoms with van der Waals surface area (Å²) < 4.78 is 0. The van der Waals surface area contributed by atoms with Crippen molar-refractivity contribution in [2.75, 3.05) is 18.9 Å². The van der Waals surface area contributed by atoms with Crippen LogP contribution in [0.3, 0.4) is 0 Å². The predicted octanol–water partition coefficient (Wildman–Crippen LogP) is 3.76. The van der Waals surface area contributed by atoms with Crippen molar-refractivity contribution >= 4 is 11.7 Å². The third-order valence-corrected chi connectivity index (χ3v) is 4.41. The Morgan fingerprint density at radius 2 is 1.95 bits per heavy atom. The number of hydrogen-bond donors (Lipinski definition) is 2. The molecule has 1 aromatic rings. The van der Waals surface area contributed by atoms with E-state index in [1.807, 2.05) is 24.1 Å². The minimum Gasteiger partial charge on any atom is -0.322 e. The zero-order valence-corrected chi connectivity index (χ0v) is 13.4. The summed E-state index contributed by atoms with van der Waals surface area (Å²) in [4.78, 5) is 14.4. The molecule has 0 aliphatic carbocycles. The predicted molar refractivity (Wildman–Crippen MR) is 87.6 cm³/mol. The number of rotatable bonds is 3. The average Bonchev–Trinajstić information content (AvgIpc) is 2.71. The number of carbonyl (C=O) groups is 1. The fraction of sp³-hybridized carbons (Fsp3) is 0.588. The molecule has 2 N–H and O–H groups in total. The monoisotopic (exact) mass is 289 g/mol. The Morgan fingerprint density at radius 1 is 1.24 bits per heavy atom. The molecule has 1 fully saturated rings. The molecule has 1 heterocycles. The van der Waals surface area contributed by atoms with Crippen molar-refractivity contribution in [1.82, 2.24) is 10.2 Å². The second-order valence-electron chi connectivity index (χ2n) is 5.95. The molecule has 2 atom stereocenters. The number of carbonyl (C=O) groups excluding carboxylic acids is 1. The molecule has 2 rings (SSSR count). The van der Waals surface area contributed by atoms with Gasteiger partial charge in [0.05, 0.1) is 0 Å². The van der Waals surface area contributed by atoms with Crippen molar-refractivity contribution in [2.24, 2.45) is 0 Å². The number of nitrogens with zero attached hydrogens (tertiary/aromatic N) is 1. The summed E-state index contributed by atoms with van der Waals surface area (Å²) >= 11 is 0. The Kier molecular flexibility index (Phi) is 5.62. The van der Waals surface area contributed by atoms with Crippen LogP contribution in [0.2, 0.25) is 0 Å². The third-order valence-electron chi connectivity index (χ3n) is 4.41. The maximum atomic E-state index is 12.4. The van der Waals surface area contributed by atoms with E-state index in [0.717, 1.165) is 25.1 Å². The Bertz CT molecular complexity index is 458. The van der Waals surface area contributed by atoms with Crippen LogP contribution >= 0.6 is 0 Å². The van der Waals surface area contributed by atoms with Crippen molar-refractivity contribution in [3.8, 4) is 0 Å². The number of anilines is 1. The molecule has 2 unspecified atom stereocenters. The van der Waals surface area contributed by atoms with E-state index in [4.69, 9.17) is 0 Å². The maximum absolute atomic E-state index is 12.4. The first-order valence-electron chi connectivity index (χ1n) is 7.96. The molecular weight excluding hydrogens is 262 g/mol. The largest absolute Gasteiger partial charge is 0.322 e. The normalized spacial score (nSPS) is 20.7. The molecule has 1 saturated heterocycles. The molecule has 0 spiro atoms. The molecule has 4 nitrogen and oxygen atoms in total. The molecule has 1 aromatic carbocycles. The first-order chi connectivity index (χ1) is 10.1. The van der Waals surface area contributed by atoms with Crippen LogP contribution in [0.15, 0.2) is 24.3 Å². The van der Waals surface area contributed by atoms with Crippen molar-refractivity contribution < 1.29 is 4.79 Å². The summed E-state index contributed by atoms with van der Waals surface area (Å²) in [6, 6.07) is 8.74. The van der Waals surface area contributed by atoms with Crippen molar-refractivity contribution in [3.63, 3.8) is 0 Å². The summed E-state index contributed by atoms with van der Waals surface area (Å²) in [5.74, 6) is 0. The van der Waals surface area contributed by atoms with Gasteiger partial charge in [-0.1, -0.05) is 25.0 Å². The topological polar surface area (TPSA) is 44.4 Å². The van der Waals surface area contributed by atoms with Gasteiger partial charge in [0.25, 0.3) is 0 Å². The van der Waals surface area contributed by atoms with Gasteiger partial charge in [-0.25, -0.2) is 4.79 Å². The van der Waals surface area contributed by atoms with Gasteiger partial charge in [0.15, 0.2) is 0 Å². The molecule has 0 saturated carbocycles. The number of nitrogens with one attached hydrogen (secondary N) is 2. The number of benzene rings is 1. The first-order valence-corrected chi connectivity index (χ1v) is 7.96. The van der Waals surface area contributed by atoms with Crippen LogP contribution in [-0.2, 0) is 0 Å². The Hall–Kier alpha value is -1.55. The van der Waals surface area contributed by atoms with E-state index in [1.54, 1.807) is 0 Å². The van der Waals surface area contributed by atoms with Gasteiger partial charge in [0, 0.05) is 24.3 Å². The summed E-state index contributed by atoms with van der Waals surface area (Å²) in [5, 5.41) is 6.23. The van der Waals surface area contributed by atoms with Crippen LogP contribution in [0.1, 0.15) is 51.1 Å². The SMILES string of the molecule is CNC(C)c1ccc(NC(=O)N2CCCCCC2C)cc1. The molecule has 0 bridgehead atoms. The van der Waals surface area contributed by atoms with Gasteiger partial charge >= 0.3 is 6.03 Å². The van der Waals surface area contributed by atoms with Gasteiger partial charge in [0.1, 0.15) is 0 Å². The first kappa shape index (κ1) is 15.8. The second kappa shape index (κ2) is 7.46. The Balaban J connectivity index is 1.98. The summed E-state index contributed by atoms with van der Waals surface area (Å²) in [5.41, 5.74) is 2.09. The molecule has 1 aliphatic rings. The molecule has 2 amide bonds. The van der Waals surface area contributed by atoms with Crippen molar-refractivity contribution in [3.05, 3.63) is 29.8 Å². The van der Waals surface area contributed by atoms with Crippen LogP contribution in [-0.4, -0.2) is 30.6 Å². The van der Waals surface area contributed by atoms with E-state index in [1.165, 1.54) is 18.4 Å². The third kappa shape index (κ3) is 4.21. The number of hydrogen-bond acceptors (Lipinski definition) is 2. The van der Waals surface area contributed by atoms with E-state index in [-0.39, 0.29) is 6.03 Å². The van der Waals surface area contributed by atoms with E-state index in [0.29, 0.717) is 12.1 Å². The highest BCUT2D eigenvalue weighted by Crippen LogP contribution is 2.19. The Labute approximate surface area is 127 Å². The van der Waals surface area contributed by atoms with E-state index in [2.05, 4.69) is 36.6 Å². The molecule has 1 aliphatic heterocycles. The van der Waals surface area contributed by atoms with Gasteiger partial charge in [-0.3, -0.25) is 0 Å². The van der Waals surface area contributed by atoms with Crippen LogP contribution in [0.4, 0.5) is 10.5 Å². The van der Waals surface area contributed by atoms with Gasteiger partial charge in [-0.05, 0) is 51.4 Å². The summed E-state index contributed by atoms with van der Waals surface area (Å²) in [6.07, 6.45) is 4.66. The minimum absolute atomic E-state index is 0.0267. The average molecular weight is 289 g/mol. The quantitative estimate of drug-likeness (QED) is 0.889. The van der Waals surface area contributed by atoms with Gasteiger partial charge in [-0.2, -0.15) is 0 Å². The highest BCUT2D eigenvalue weighted by atomic mass is 16.2. The fourth-order valence-electron chi connectivity index (χ4n) is 2.79. The zero-order chi connectivity index (χ0) is 15.2. The highest BCUT2D eigenvalue weighted by molar-refractivity contribution is 5.89. The smallest absolute Gasteiger partial charge is 0.322 e. The van der Waals surface area contributed by atoms with Crippen LogP contribution in [0, 0.1) is 0 Å². The van der Waals surface area contributed by atoms with Crippen molar-refractivity contribution in [1.29, 1.82) is 0 Å². The number of likely N-dealkylation sites (tertiary alicyclic amines) is 1. The molecule has 4 heteroatoms. The molecule has 21 heavy (non-hydrogen) atoms. The molecule has 0 aromatic heterocycles. The van der Waals surface area contributed by atoms with E-state index >= 15 is 0 Å². The fourth-order valence-corrected chi connectivity index (χ4v) is 2.79. The van der Waals surface area contributed by atoms with Crippen LogP contribution in [0.5, 0.6) is 0 Å². The number of amides is 2. The van der Waals surface area contributed by atoms with Gasteiger partial charge in [0.2, 0.25) is 0 Å². The lowest BCUT2D eigenvalue weighted by Gasteiger charge is -2.27. The summed E-state index contributed by atoms with van der Waals surface area (Å²) in [6.45, 7) is 5.12. The van der Waals surface area contributed by atoms with Crippen LogP contribution < -0.4 is 10.6 Å². The molecule has 0 radical (unpaired) electrons. The standard InChI is InChI=1S/C17H27N3O/c1-13-7-5-4-6-12-20(13)17(21)19-16-10-8-15(9-11-16)14(2)18-3/h8-11,13-14,18H,4-7,12H2,1-3H3,(H,19,21). The van der Waals surface area contributed by atoms with Crippen LogP contribution in [0.25, 0.3) is 0 Å². The van der Waals surface area contributed by atoms with Crippen molar-refractivity contribution in [2.45, 2.75) is 51.6 Å². The van der Waals surface area contributed by atoms with E-state index in [9.17, 15) is 4.79 Å². The lowest BCUT2D eigenvalue weighted by atomic mass is 10.1. The minimum atomic E-state index is 0.0267. The maximum Gasteiger partial charge on any atom is 0.322 e. The Morgan fingerprint density at radius 3 is 2.62 bits per heavy atom. The molecule has 116 valence electrons. The van der Waals surface area contributed by atoms with Gasteiger partial charge < -0.3 is 15.5 Å². The summed E-state index contributed by atoms with van der Waals surface area (Å²) in [7, 11) is 1.95. The highest BCUT2D eigenvalue weighted by Gasteiger charge is 2.21.